The van der Waals surface area contributed by atoms with Gasteiger partial charge in [0.2, 0.25) is 0 Å². The van der Waals surface area contributed by atoms with Crippen molar-refractivity contribution in [1.29, 1.82) is 0 Å². The normalized spacial score (nSPS) is 22.2. The Morgan fingerprint density at radius 2 is 1.92 bits per heavy atom. The van der Waals surface area contributed by atoms with Gasteiger partial charge in [0.15, 0.2) is 5.82 Å². The summed E-state index contributed by atoms with van der Waals surface area (Å²) in [4.78, 5) is 0. The van der Waals surface area contributed by atoms with E-state index in [-0.39, 0.29) is 5.75 Å². The molecule has 1 aromatic carbocycles. The summed E-state index contributed by atoms with van der Waals surface area (Å²) in [5.41, 5.74) is 0.960. The molecule has 134 valence electrons. The molecule has 0 spiro atoms. The number of rotatable bonds is 8. The first kappa shape index (κ1) is 19.3. The summed E-state index contributed by atoms with van der Waals surface area (Å²) in [5.74, 6) is 1.12. The number of unbranched alkanes of at least 4 members (excludes halogenated alkanes) is 2. The highest BCUT2D eigenvalue weighted by Crippen LogP contribution is 2.40. The van der Waals surface area contributed by atoms with E-state index in [2.05, 4.69) is 18.5 Å². The Balaban J connectivity index is 1.88. The minimum atomic E-state index is -1.99. The highest BCUT2D eigenvalue weighted by atomic mass is 19.1. The fourth-order valence-electron chi connectivity index (χ4n) is 3.94. The van der Waals surface area contributed by atoms with Crippen LogP contribution in [0.2, 0.25) is 0 Å². The van der Waals surface area contributed by atoms with Crippen molar-refractivity contribution in [2.75, 3.05) is 0 Å². The van der Waals surface area contributed by atoms with Gasteiger partial charge in [-0.05, 0) is 48.3 Å². The number of hydrogen-bond acceptors (Lipinski definition) is 3. The first-order chi connectivity index (χ1) is 11.5. The number of benzene rings is 1. The molecule has 0 aromatic heterocycles. The predicted octanol–water partition coefficient (Wildman–Crippen LogP) is 4.66. The number of hydrogen-bond donors (Lipinski definition) is 2. The molecular weight excluding hydrogens is 306 g/mol. The van der Waals surface area contributed by atoms with Gasteiger partial charge in [-0.25, -0.2) is 4.39 Å². The van der Waals surface area contributed by atoms with E-state index >= 15 is 0 Å². The van der Waals surface area contributed by atoms with Gasteiger partial charge in [-0.15, -0.1) is 0 Å². The van der Waals surface area contributed by atoms with Crippen molar-refractivity contribution in [3.63, 3.8) is 0 Å². The van der Waals surface area contributed by atoms with Crippen LogP contribution in [0.1, 0.15) is 76.7 Å². The third-order valence-electron chi connectivity index (χ3n) is 5.53. The lowest BCUT2D eigenvalue weighted by Gasteiger charge is -2.32. The van der Waals surface area contributed by atoms with Crippen LogP contribution in [0, 0.1) is 17.7 Å². The average Bonchev–Trinajstić information content (AvgIpc) is 2.56. The third kappa shape index (κ3) is 5.49. The second-order valence-corrected chi connectivity index (χ2v) is 7.20. The van der Waals surface area contributed by atoms with Gasteiger partial charge in [0.25, 0.3) is 0 Å². The molecule has 1 atom stereocenters. The summed E-state index contributed by atoms with van der Waals surface area (Å²) >= 11 is 0. The maximum Gasteiger partial charge on any atom is 0.707 e. The molecule has 2 rings (SSSR count). The third-order valence-corrected chi connectivity index (χ3v) is 5.53. The molecule has 0 bridgehead atoms. The zero-order valence-electron chi connectivity index (χ0n) is 14.9. The van der Waals surface area contributed by atoms with Crippen LogP contribution < -0.4 is 4.65 Å². The Hall–Kier alpha value is -1.07. The summed E-state index contributed by atoms with van der Waals surface area (Å²) < 4.78 is 18.6. The zero-order valence-corrected chi connectivity index (χ0v) is 14.9. The van der Waals surface area contributed by atoms with Crippen molar-refractivity contribution < 1.29 is 19.1 Å². The van der Waals surface area contributed by atoms with Crippen molar-refractivity contribution in [2.24, 2.45) is 11.8 Å². The summed E-state index contributed by atoms with van der Waals surface area (Å²) in [6, 6.07) is 4.78. The van der Waals surface area contributed by atoms with Crippen LogP contribution in [0.4, 0.5) is 4.39 Å². The Labute approximate surface area is 145 Å². The standard InChI is InChI=1S/C19H30BFO3/c1-3-4-5-6-15-7-9-16(10-8-15)14(2)17-11-12-19(18(21)13-17)24-20(22)23/h11-16,22-23H,3-10H2,1-2H3. The van der Waals surface area contributed by atoms with Crippen molar-refractivity contribution in [2.45, 2.75) is 71.1 Å². The van der Waals surface area contributed by atoms with Crippen LogP contribution >= 0.6 is 0 Å². The van der Waals surface area contributed by atoms with Gasteiger partial charge in [-0.2, -0.15) is 0 Å². The van der Waals surface area contributed by atoms with Gasteiger partial charge in [0, 0.05) is 0 Å². The summed E-state index contributed by atoms with van der Waals surface area (Å²) in [6.07, 6.45) is 10.3. The van der Waals surface area contributed by atoms with Crippen molar-refractivity contribution >= 4 is 7.32 Å². The molecule has 1 aliphatic rings. The lowest BCUT2D eigenvalue weighted by atomic mass is 9.73. The van der Waals surface area contributed by atoms with Gasteiger partial charge in [-0.1, -0.05) is 58.4 Å². The van der Waals surface area contributed by atoms with E-state index in [1.807, 2.05) is 6.07 Å². The van der Waals surface area contributed by atoms with Crippen LogP contribution in [0.15, 0.2) is 18.2 Å². The molecule has 0 aliphatic heterocycles. The molecule has 1 unspecified atom stereocenters. The smallest absolute Gasteiger partial charge is 0.510 e. The molecule has 1 fully saturated rings. The first-order valence-electron chi connectivity index (χ1n) is 9.33. The fourth-order valence-corrected chi connectivity index (χ4v) is 3.94. The molecule has 2 N–H and O–H groups in total. The molecule has 0 radical (unpaired) electrons. The molecule has 0 heterocycles. The van der Waals surface area contributed by atoms with E-state index < -0.39 is 13.1 Å². The van der Waals surface area contributed by atoms with Crippen molar-refractivity contribution in [1.82, 2.24) is 0 Å². The lowest BCUT2D eigenvalue weighted by Crippen LogP contribution is -2.21. The highest BCUT2D eigenvalue weighted by molar-refractivity contribution is 6.33. The van der Waals surface area contributed by atoms with Crippen molar-refractivity contribution in [3.8, 4) is 5.75 Å². The van der Waals surface area contributed by atoms with E-state index in [0.717, 1.165) is 11.5 Å². The maximum atomic E-state index is 14.0. The average molecular weight is 336 g/mol. The van der Waals surface area contributed by atoms with E-state index in [1.54, 1.807) is 0 Å². The van der Waals surface area contributed by atoms with Gasteiger partial charge < -0.3 is 14.7 Å². The summed E-state index contributed by atoms with van der Waals surface area (Å²) in [6.45, 7) is 4.41. The number of halogens is 1. The molecule has 1 aliphatic carbocycles. The van der Waals surface area contributed by atoms with Gasteiger partial charge in [-0.3, -0.25) is 0 Å². The monoisotopic (exact) mass is 336 g/mol. The molecule has 0 saturated heterocycles. The lowest BCUT2D eigenvalue weighted by molar-refractivity contribution is 0.236. The molecule has 1 saturated carbocycles. The second kappa shape index (κ2) is 9.43. The first-order valence-corrected chi connectivity index (χ1v) is 9.33. The zero-order chi connectivity index (χ0) is 17.5. The minimum absolute atomic E-state index is 0.124. The van der Waals surface area contributed by atoms with Crippen molar-refractivity contribution in [3.05, 3.63) is 29.6 Å². The van der Waals surface area contributed by atoms with E-state index in [1.165, 1.54) is 63.5 Å². The van der Waals surface area contributed by atoms with Crippen LogP contribution in [0.5, 0.6) is 5.75 Å². The van der Waals surface area contributed by atoms with Gasteiger partial charge >= 0.3 is 7.32 Å². The summed E-state index contributed by atoms with van der Waals surface area (Å²) in [7, 11) is -1.99. The van der Waals surface area contributed by atoms with Crippen LogP contribution in [0.25, 0.3) is 0 Å². The molecule has 24 heavy (non-hydrogen) atoms. The second-order valence-electron chi connectivity index (χ2n) is 7.20. The Morgan fingerprint density at radius 3 is 2.50 bits per heavy atom. The minimum Gasteiger partial charge on any atom is -0.510 e. The molecular formula is C19H30BFO3. The predicted molar refractivity (Wildman–Crippen MR) is 95.2 cm³/mol. The Kier molecular flexibility index (Phi) is 7.57. The van der Waals surface area contributed by atoms with Gasteiger partial charge in [0.05, 0.1) is 0 Å². The molecule has 5 heteroatoms. The topological polar surface area (TPSA) is 49.7 Å². The Bertz CT molecular complexity index is 501. The van der Waals surface area contributed by atoms with Crippen LogP contribution in [-0.2, 0) is 0 Å². The van der Waals surface area contributed by atoms with Gasteiger partial charge in [0.1, 0.15) is 5.75 Å². The molecule has 1 aromatic rings. The largest absolute Gasteiger partial charge is 0.707 e. The molecule has 0 amide bonds. The van der Waals surface area contributed by atoms with E-state index in [9.17, 15) is 4.39 Å². The molecule has 3 nitrogen and oxygen atoms in total. The SMILES string of the molecule is CCCCCC1CCC(C(C)c2ccc(OB(O)O)c(F)c2)CC1. The van der Waals surface area contributed by atoms with E-state index in [4.69, 9.17) is 10.0 Å². The summed E-state index contributed by atoms with van der Waals surface area (Å²) in [5, 5.41) is 17.6. The fraction of sp³-hybridized carbons (Fsp3) is 0.684. The Morgan fingerprint density at radius 1 is 1.21 bits per heavy atom. The van der Waals surface area contributed by atoms with Crippen LogP contribution in [-0.4, -0.2) is 17.4 Å². The quantitative estimate of drug-likeness (QED) is 0.536. The highest BCUT2D eigenvalue weighted by Gasteiger charge is 2.26. The van der Waals surface area contributed by atoms with E-state index in [0.29, 0.717) is 11.8 Å². The maximum absolute atomic E-state index is 14.0. The van der Waals surface area contributed by atoms with Crippen LogP contribution in [0.3, 0.4) is 0 Å².